The van der Waals surface area contributed by atoms with Crippen molar-refractivity contribution in [1.29, 1.82) is 0 Å². The second-order valence-electron chi connectivity index (χ2n) is 5.34. The van der Waals surface area contributed by atoms with Crippen LogP contribution in [0.3, 0.4) is 0 Å². The standard InChI is InChI=1S/C18H14O/c19-16-11-14-10-13-8-4-5-9-15(13)17(14)18(16)12-6-2-1-3-7-12/h1-9,14H,10-11H2/t14-/m0/s1. The van der Waals surface area contributed by atoms with Crippen molar-refractivity contribution < 1.29 is 4.79 Å². The molecule has 1 heteroatoms. The summed E-state index contributed by atoms with van der Waals surface area (Å²) in [5.74, 6) is 0.709. The lowest BCUT2D eigenvalue weighted by Gasteiger charge is -2.06. The molecule has 0 radical (unpaired) electrons. The van der Waals surface area contributed by atoms with E-state index in [0.717, 1.165) is 17.6 Å². The minimum Gasteiger partial charge on any atom is -0.294 e. The van der Waals surface area contributed by atoms with E-state index in [4.69, 9.17) is 0 Å². The number of carbonyl (C=O) groups excluding carboxylic acids is 1. The monoisotopic (exact) mass is 246 g/mol. The highest BCUT2D eigenvalue weighted by Gasteiger charge is 2.38. The van der Waals surface area contributed by atoms with Crippen molar-refractivity contribution in [3.05, 3.63) is 71.3 Å². The molecule has 2 aromatic carbocycles. The number of Topliss-reactive ketones (excluding diaryl/α,β-unsaturated/α-hetero) is 1. The zero-order valence-corrected chi connectivity index (χ0v) is 10.6. The van der Waals surface area contributed by atoms with Gasteiger partial charge in [0.1, 0.15) is 0 Å². The van der Waals surface area contributed by atoms with Gasteiger partial charge in [0.25, 0.3) is 0 Å². The average molecular weight is 246 g/mol. The lowest BCUT2D eigenvalue weighted by Crippen LogP contribution is -1.99. The van der Waals surface area contributed by atoms with Gasteiger partial charge in [-0.2, -0.15) is 0 Å². The molecule has 1 atom stereocenters. The smallest absolute Gasteiger partial charge is 0.164 e. The molecule has 0 unspecified atom stereocenters. The zero-order valence-electron chi connectivity index (χ0n) is 10.6. The SMILES string of the molecule is O=C1C[C@@H]2Cc3ccccc3C2=C1c1ccccc1. The number of benzene rings is 2. The van der Waals surface area contributed by atoms with Crippen LogP contribution in [0.2, 0.25) is 0 Å². The summed E-state index contributed by atoms with van der Waals surface area (Å²) in [4.78, 5) is 12.3. The lowest BCUT2D eigenvalue weighted by molar-refractivity contribution is -0.113. The van der Waals surface area contributed by atoms with Crippen LogP contribution >= 0.6 is 0 Å². The summed E-state index contributed by atoms with van der Waals surface area (Å²) < 4.78 is 0. The van der Waals surface area contributed by atoms with Crippen LogP contribution in [-0.4, -0.2) is 5.78 Å². The minimum atomic E-state index is 0.306. The van der Waals surface area contributed by atoms with E-state index in [1.54, 1.807) is 0 Å². The first-order chi connectivity index (χ1) is 9.34. The number of hydrogen-bond acceptors (Lipinski definition) is 1. The molecule has 0 fully saturated rings. The van der Waals surface area contributed by atoms with Gasteiger partial charge in [-0.05, 0) is 34.6 Å². The summed E-state index contributed by atoms with van der Waals surface area (Å²) in [5.41, 5.74) is 5.99. The fraction of sp³-hybridized carbons (Fsp3) is 0.167. The highest BCUT2D eigenvalue weighted by Crippen LogP contribution is 2.48. The second kappa shape index (κ2) is 3.92. The summed E-state index contributed by atoms with van der Waals surface area (Å²) in [7, 11) is 0. The quantitative estimate of drug-likeness (QED) is 0.749. The van der Waals surface area contributed by atoms with Gasteiger partial charge in [0.05, 0.1) is 0 Å². The zero-order chi connectivity index (χ0) is 12.8. The van der Waals surface area contributed by atoms with Crippen molar-refractivity contribution in [3.8, 4) is 0 Å². The Hall–Kier alpha value is -2.15. The number of ketones is 1. The number of fused-ring (bicyclic) bond motifs is 3. The molecule has 19 heavy (non-hydrogen) atoms. The molecule has 2 aromatic rings. The molecule has 1 nitrogen and oxygen atoms in total. The molecule has 0 spiro atoms. The molecule has 92 valence electrons. The molecule has 0 N–H and O–H groups in total. The van der Waals surface area contributed by atoms with Crippen LogP contribution < -0.4 is 0 Å². The molecular formula is C18H14O. The first-order valence-electron chi connectivity index (χ1n) is 6.75. The Morgan fingerprint density at radius 2 is 1.58 bits per heavy atom. The number of carbonyl (C=O) groups is 1. The van der Waals surface area contributed by atoms with Gasteiger partial charge in [0, 0.05) is 12.0 Å². The van der Waals surface area contributed by atoms with Gasteiger partial charge in [0.2, 0.25) is 0 Å². The highest BCUT2D eigenvalue weighted by molar-refractivity contribution is 6.32. The van der Waals surface area contributed by atoms with Gasteiger partial charge in [-0.3, -0.25) is 4.79 Å². The van der Waals surface area contributed by atoms with Gasteiger partial charge >= 0.3 is 0 Å². The Kier molecular flexibility index (Phi) is 2.22. The van der Waals surface area contributed by atoms with Crippen molar-refractivity contribution in [3.63, 3.8) is 0 Å². The van der Waals surface area contributed by atoms with Gasteiger partial charge in [-0.25, -0.2) is 0 Å². The summed E-state index contributed by atoms with van der Waals surface area (Å²) in [5, 5.41) is 0. The predicted octanol–water partition coefficient (Wildman–Crippen LogP) is 3.74. The van der Waals surface area contributed by atoms with Gasteiger partial charge in [-0.1, -0.05) is 54.6 Å². The van der Waals surface area contributed by atoms with E-state index in [-0.39, 0.29) is 0 Å². The second-order valence-corrected chi connectivity index (χ2v) is 5.34. The molecule has 2 aliphatic carbocycles. The van der Waals surface area contributed by atoms with Crippen LogP contribution in [0.4, 0.5) is 0 Å². The van der Waals surface area contributed by atoms with Crippen LogP contribution in [0.1, 0.15) is 23.1 Å². The van der Waals surface area contributed by atoms with E-state index in [1.807, 2.05) is 30.3 Å². The molecule has 0 amide bonds. The van der Waals surface area contributed by atoms with E-state index in [2.05, 4.69) is 24.3 Å². The van der Waals surface area contributed by atoms with Crippen LogP contribution in [0.25, 0.3) is 11.1 Å². The summed E-state index contributed by atoms with van der Waals surface area (Å²) in [6, 6.07) is 18.6. The Balaban J connectivity index is 1.98. The van der Waals surface area contributed by atoms with Crippen molar-refractivity contribution in [2.75, 3.05) is 0 Å². The van der Waals surface area contributed by atoms with Crippen LogP contribution in [-0.2, 0) is 11.2 Å². The van der Waals surface area contributed by atoms with Gasteiger partial charge in [-0.15, -0.1) is 0 Å². The third-order valence-electron chi connectivity index (χ3n) is 4.22. The molecule has 0 saturated carbocycles. The maximum atomic E-state index is 12.3. The van der Waals surface area contributed by atoms with E-state index in [9.17, 15) is 4.79 Å². The van der Waals surface area contributed by atoms with Crippen molar-refractivity contribution in [2.45, 2.75) is 12.8 Å². The topological polar surface area (TPSA) is 17.1 Å². The number of allylic oxidation sites excluding steroid dienone is 2. The minimum absolute atomic E-state index is 0.306. The molecule has 0 saturated heterocycles. The summed E-state index contributed by atoms with van der Waals surface area (Å²) in [6.07, 6.45) is 1.70. The fourth-order valence-electron chi connectivity index (χ4n) is 3.46. The first kappa shape index (κ1) is 10.7. The molecule has 0 aromatic heterocycles. The third-order valence-corrected chi connectivity index (χ3v) is 4.22. The van der Waals surface area contributed by atoms with Crippen LogP contribution in [0.15, 0.2) is 54.6 Å². The van der Waals surface area contributed by atoms with Crippen LogP contribution in [0, 0.1) is 5.92 Å². The van der Waals surface area contributed by atoms with E-state index >= 15 is 0 Å². The van der Waals surface area contributed by atoms with Gasteiger partial charge < -0.3 is 0 Å². The van der Waals surface area contributed by atoms with Crippen molar-refractivity contribution >= 4 is 16.9 Å². The molecule has 0 aliphatic heterocycles. The Bertz CT molecular complexity index is 695. The van der Waals surface area contributed by atoms with Crippen molar-refractivity contribution in [1.82, 2.24) is 0 Å². The maximum Gasteiger partial charge on any atom is 0.164 e. The summed E-state index contributed by atoms with van der Waals surface area (Å²) in [6.45, 7) is 0. The number of hydrogen-bond donors (Lipinski definition) is 0. The first-order valence-corrected chi connectivity index (χ1v) is 6.75. The van der Waals surface area contributed by atoms with E-state index < -0.39 is 0 Å². The van der Waals surface area contributed by atoms with Crippen LogP contribution in [0.5, 0.6) is 0 Å². The Morgan fingerprint density at radius 1 is 0.842 bits per heavy atom. The predicted molar refractivity (Wildman–Crippen MR) is 76.5 cm³/mol. The average Bonchev–Trinajstić information content (AvgIpc) is 2.94. The largest absolute Gasteiger partial charge is 0.294 e. The highest BCUT2D eigenvalue weighted by atomic mass is 16.1. The number of rotatable bonds is 1. The van der Waals surface area contributed by atoms with E-state index in [0.29, 0.717) is 18.1 Å². The molecule has 4 rings (SSSR count). The fourth-order valence-corrected chi connectivity index (χ4v) is 3.46. The lowest BCUT2D eigenvalue weighted by atomic mass is 9.97. The van der Waals surface area contributed by atoms with E-state index in [1.165, 1.54) is 16.7 Å². The molecule has 2 aliphatic rings. The third kappa shape index (κ3) is 1.51. The molecule has 0 bridgehead atoms. The molecular weight excluding hydrogens is 232 g/mol. The maximum absolute atomic E-state index is 12.3. The Labute approximate surface area is 112 Å². The van der Waals surface area contributed by atoms with Gasteiger partial charge in [0.15, 0.2) is 5.78 Å². The summed E-state index contributed by atoms with van der Waals surface area (Å²) >= 11 is 0. The Morgan fingerprint density at radius 3 is 2.42 bits per heavy atom. The molecule has 0 heterocycles. The normalized spacial score (nSPS) is 20.6. The van der Waals surface area contributed by atoms with Crippen molar-refractivity contribution in [2.24, 2.45) is 5.92 Å².